The molecular weight excluding hydrogens is 420 g/mol. The fourth-order valence-corrected chi connectivity index (χ4v) is 3.66. The Morgan fingerprint density at radius 1 is 0.970 bits per heavy atom. The summed E-state index contributed by atoms with van der Waals surface area (Å²) in [5.74, 6) is 2.54. The van der Waals surface area contributed by atoms with Crippen molar-refractivity contribution in [2.24, 2.45) is 0 Å². The first kappa shape index (κ1) is 24.2. The van der Waals surface area contributed by atoms with Crippen LogP contribution in [0.2, 0.25) is 0 Å². The Kier molecular flexibility index (Phi) is 7.98. The SMILES string of the molecule is CCCC(CC)OC(=O)Nc1ccc(Oc2ccnc3cc(OC)c(OC)cc23)c(C)c1C. The van der Waals surface area contributed by atoms with Gasteiger partial charge in [-0.1, -0.05) is 20.3 Å². The molecule has 0 spiro atoms. The molecule has 0 aliphatic carbocycles. The Morgan fingerprint density at radius 2 is 1.70 bits per heavy atom. The topological polar surface area (TPSA) is 78.9 Å². The molecule has 2 aromatic carbocycles. The predicted octanol–water partition coefficient (Wildman–Crippen LogP) is 6.79. The summed E-state index contributed by atoms with van der Waals surface area (Å²) in [6.07, 6.45) is 3.80. The third-order valence-corrected chi connectivity index (χ3v) is 5.74. The first-order chi connectivity index (χ1) is 15.9. The molecule has 7 nitrogen and oxygen atoms in total. The molecule has 1 aromatic heterocycles. The number of carbonyl (C=O) groups is 1. The number of hydrogen-bond donors (Lipinski definition) is 1. The molecule has 0 fully saturated rings. The predicted molar refractivity (Wildman–Crippen MR) is 130 cm³/mol. The summed E-state index contributed by atoms with van der Waals surface area (Å²) in [4.78, 5) is 16.8. The number of anilines is 1. The van der Waals surface area contributed by atoms with E-state index in [2.05, 4.69) is 17.2 Å². The lowest BCUT2D eigenvalue weighted by Crippen LogP contribution is -2.22. The molecule has 0 radical (unpaired) electrons. The van der Waals surface area contributed by atoms with Crippen LogP contribution in [-0.4, -0.2) is 31.4 Å². The smallest absolute Gasteiger partial charge is 0.411 e. The van der Waals surface area contributed by atoms with Crippen LogP contribution in [0.25, 0.3) is 10.9 Å². The molecule has 0 aliphatic rings. The van der Waals surface area contributed by atoms with Crippen LogP contribution in [0.5, 0.6) is 23.0 Å². The van der Waals surface area contributed by atoms with Gasteiger partial charge >= 0.3 is 6.09 Å². The van der Waals surface area contributed by atoms with Gasteiger partial charge in [0.1, 0.15) is 17.6 Å². The molecule has 1 amide bonds. The van der Waals surface area contributed by atoms with E-state index in [-0.39, 0.29) is 6.10 Å². The second-order valence-corrected chi connectivity index (χ2v) is 7.85. The normalized spacial score (nSPS) is 11.7. The number of benzene rings is 2. The quantitative estimate of drug-likeness (QED) is 0.385. The zero-order chi connectivity index (χ0) is 24.0. The molecule has 1 heterocycles. The van der Waals surface area contributed by atoms with Crippen molar-refractivity contribution >= 4 is 22.7 Å². The summed E-state index contributed by atoms with van der Waals surface area (Å²) >= 11 is 0. The van der Waals surface area contributed by atoms with E-state index in [1.54, 1.807) is 20.4 Å². The fraction of sp³-hybridized carbons (Fsp3) is 0.385. The maximum absolute atomic E-state index is 12.4. The van der Waals surface area contributed by atoms with E-state index in [0.29, 0.717) is 28.7 Å². The standard InChI is InChI=1S/C26H32N2O5/c1-7-9-18(8-2)32-26(29)28-20-10-11-22(17(4)16(20)3)33-23-12-13-27-21-15-25(31-6)24(30-5)14-19(21)23/h10-15,18H,7-9H2,1-6H3,(H,28,29). The van der Waals surface area contributed by atoms with Crippen LogP contribution in [0.1, 0.15) is 44.2 Å². The van der Waals surface area contributed by atoms with Crippen molar-refractivity contribution in [3.8, 4) is 23.0 Å². The van der Waals surface area contributed by atoms with Gasteiger partial charge in [-0.25, -0.2) is 4.79 Å². The number of aromatic nitrogens is 1. The summed E-state index contributed by atoms with van der Waals surface area (Å²) in [6.45, 7) is 8.00. The van der Waals surface area contributed by atoms with E-state index in [1.807, 2.05) is 51.1 Å². The van der Waals surface area contributed by atoms with Gasteiger partial charge in [0.15, 0.2) is 11.5 Å². The van der Waals surface area contributed by atoms with Crippen LogP contribution in [0.15, 0.2) is 36.5 Å². The molecule has 0 saturated heterocycles. The molecular formula is C26H32N2O5. The minimum Gasteiger partial charge on any atom is -0.493 e. The molecule has 0 aliphatic heterocycles. The lowest BCUT2D eigenvalue weighted by molar-refractivity contribution is 0.102. The van der Waals surface area contributed by atoms with Crippen LogP contribution in [0.3, 0.4) is 0 Å². The molecule has 3 aromatic rings. The molecule has 1 unspecified atom stereocenters. The third kappa shape index (κ3) is 5.48. The Bertz CT molecular complexity index is 1130. The number of methoxy groups -OCH3 is 2. The van der Waals surface area contributed by atoms with E-state index in [9.17, 15) is 4.79 Å². The van der Waals surface area contributed by atoms with Crippen molar-refractivity contribution in [2.75, 3.05) is 19.5 Å². The summed E-state index contributed by atoms with van der Waals surface area (Å²) in [5, 5.41) is 3.67. The maximum atomic E-state index is 12.4. The Labute approximate surface area is 195 Å². The zero-order valence-corrected chi connectivity index (χ0v) is 20.2. The Hall–Kier alpha value is -3.48. The fourth-order valence-electron chi connectivity index (χ4n) is 3.66. The molecule has 3 rings (SSSR count). The van der Waals surface area contributed by atoms with Crippen LogP contribution in [-0.2, 0) is 4.74 Å². The average Bonchev–Trinajstić information content (AvgIpc) is 2.82. The van der Waals surface area contributed by atoms with Gasteiger partial charge in [-0.05, 0) is 62.1 Å². The van der Waals surface area contributed by atoms with E-state index in [1.165, 1.54) is 0 Å². The zero-order valence-electron chi connectivity index (χ0n) is 20.2. The Morgan fingerprint density at radius 3 is 2.36 bits per heavy atom. The Balaban J connectivity index is 1.85. The minimum atomic E-state index is -0.437. The number of pyridine rings is 1. The minimum absolute atomic E-state index is 0.0744. The molecule has 33 heavy (non-hydrogen) atoms. The van der Waals surface area contributed by atoms with Gasteiger partial charge < -0.3 is 18.9 Å². The van der Waals surface area contributed by atoms with Gasteiger partial charge in [-0.3, -0.25) is 10.3 Å². The second kappa shape index (κ2) is 10.9. The van der Waals surface area contributed by atoms with E-state index in [4.69, 9.17) is 18.9 Å². The number of ether oxygens (including phenoxy) is 4. The van der Waals surface area contributed by atoms with Crippen molar-refractivity contribution in [3.05, 3.63) is 47.7 Å². The lowest BCUT2D eigenvalue weighted by Gasteiger charge is -2.18. The average molecular weight is 453 g/mol. The van der Waals surface area contributed by atoms with Crippen LogP contribution >= 0.6 is 0 Å². The summed E-state index contributed by atoms with van der Waals surface area (Å²) in [7, 11) is 3.18. The highest BCUT2D eigenvalue weighted by Crippen LogP contribution is 2.38. The first-order valence-corrected chi connectivity index (χ1v) is 11.2. The van der Waals surface area contributed by atoms with Crippen LogP contribution in [0, 0.1) is 13.8 Å². The number of amides is 1. The molecule has 0 bridgehead atoms. The highest BCUT2D eigenvalue weighted by molar-refractivity contribution is 5.89. The second-order valence-electron chi connectivity index (χ2n) is 7.85. The van der Waals surface area contributed by atoms with Gasteiger partial charge in [-0.15, -0.1) is 0 Å². The van der Waals surface area contributed by atoms with Crippen molar-refractivity contribution in [1.82, 2.24) is 4.98 Å². The summed E-state index contributed by atoms with van der Waals surface area (Å²) in [6, 6.07) is 9.15. The highest BCUT2D eigenvalue weighted by atomic mass is 16.6. The van der Waals surface area contributed by atoms with Gasteiger partial charge in [0.2, 0.25) is 0 Å². The maximum Gasteiger partial charge on any atom is 0.411 e. The summed E-state index contributed by atoms with van der Waals surface area (Å²) < 4.78 is 22.6. The van der Waals surface area contributed by atoms with Gasteiger partial charge in [0, 0.05) is 23.3 Å². The largest absolute Gasteiger partial charge is 0.493 e. The van der Waals surface area contributed by atoms with Crippen molar-refractivity contribution < 1.29 is 23.7 Å². The van der Waals surface area contributed by atoms with Gasteiger partial charge in [0.05, 0.1) is 19.7 Å². The molecule has 1 N–H and O–H groups in total. The number of fused-ring (bicyclic) bond motifs is 1. The number of rotatable bonds is 9. The number of carbonyl (C=O) groups excluding carboxylic acids is 1. The van der Waals surface area contributed by atoms with Gasteiger partial charge in [-0.2, -0.15) is 0 Å². The van der Waals surface area contributed by atoms with Crippen LogP contribution < -0.4 is 19.5 Å². The number of nitrogens with one attached hydrogen (secondary N) is 1. The first-order valence-electron chi connectivity index (χ1n) is 11.2. The monoisotopic (exact) mass is 452 g/mol. The number of hydrogen-bond acceptors (Lipinski definition) is 6. The molecule has 0 saturated carbocycles. The molecule has 7 heteroatoms. The van der Waals surface area contributed by atoms with Crippen molar-refractivity contribution in [1.29, 1.82) is 0 Å². The van der Waals surface area contributed by atoms with Crippen molar-refractivity contribution in [3.63, 3.8) is 0 Å². The lowest BCUT2D eigenvalue weighted by atomic mass is 10.1. The molecule has 1 atom stereocenters. The van der Waals surface area contributed by atoms with E-state index < -0.39 is 6.09 Å². The summed E-state index contributed by atoms with van der Waals surface area (Å²) in [5.41, 5.74) is 3.25. The van der Waals surface area contributed by atoms with Gasteiger partial charge in [0.25, 0.3) is 0 Å². The molecule has 176 valence electrons. The van der Waals surface area contributed by atoms with E-state index >= 15 is 0 Å². The number of nitrogens with zero attached hydrogens (tertiary/aromatic N) is 1. The van der Waals surface area contributed by atoms with Crippen LogP contribution in [0.4, 0.5) is 10.5 Å². The van der Waals surface area contributed by atoms with Crippen molar-refractivity contribution in [2.45, 2.75) is 53.1 Å². The third-order valence-electron chi connectivity index (χ3n) is 5.74. The van der Waals surface area contributed by atoms with E-state index in [0.717, 1.165) is 41.3 Å². The highest BCUT2D eigenvalue weighted by Gasteiger charge is 2.16.